The van der Waals surface area contributed by atoms with Crippen LogP contribution in [0, 0.1) is 11.8 Å². The Morgan fingerprint density at radius 1 is 1.17 bits per heavy atom. The van der Waals surface area contributed by atoms with Crippen molar-refractivity contribution in [1.29, 1.82) is 0 Å². The third-order valence-corrected chi connectivity index (χ3v) is 8.01. The van der Waals surface area contributed by atoms with Crippen LogP contribution in [-0.2, 0) is 22.4 Å². The number of nitrogens with one attached hydrogen (secondary N) is 1. The first-order chi connectivity index (χ1) is 14.6. The summed E-state index contributed by atoms with van der Waals surface area (Å²) >= 11 is 1.65. The van der Waals surface area contributed by atoms with Gasteiger partial charge in [-0.15, -0.1) is 11.3 Å². The fourth-order valence-electron chi connectivity index (χ4n) is 4.70. The minimum absolute atomic E-state index is 0.0364. The number of hydrogen-bond acceptors (Lipinski definition) is 5. The molecule has 0 unspecified atom stereocenters. The third-order valence-electron chi connectivity index (χ3n) is 6.79. The van der Waals surface area contributed by atoms with Gasteiger partial charge in [-0.1, -0.05) is 6.92 Å². The molecule has 30 heavy (non-hydrogen) atoms. The number of carbonyl (C=O) groups excluding carboxylic acids is 2. The van der Waals surface area contributed by atoms with Crippen LogP contribution in [0.25, 0.3) is 0 Å². The van der Waals surface area contributed by atoms with E-state index in [-0.39, 0.29) is 17.7 Å². The summed E-state index contributed by atoms with van der Waals surface area (Å²) in [4.78, 5) is 32.1. The van der Waals surface area contributed by atoms with Crippen molar-refractivity contribution < 1.29 is 14.3 Å². The zero-order valence-corrected chi connectivity index (χ0v) is 19.0. The number of carbonyl (C=O) groups is 2. The number of piperidine rings is 1. The molecule has 7 heteroatoms. The van der Waals surface area contributed by atoms with Gasteiger partial charge in [0.2, 0.25) is 5.91 Å². The predicted octanol–water partition coefficient (Wildman–Crippen LogP) is 2.56. The van der Waals surface area contributed by atoms with Gasteiger partial charge in [-0.2, -0.15) is 0 Å². The summed E-state index contributed by atoms with van der Waals surface area (Å²) in [6.45, 7) is 9.39. The van der Waals surface area contributed by atoms with E-state index in [1.165, 1.54) is 10.4 Å². The van der Waals surface area contributed by atoms with E-state index in [2.05, 4.69) is 23.2 Å². The molecule has 6 nitrogen and oxygen atoms in total. The Morgan fingerprint density at radius 3 is 2.70 bits per heavy atom. The first-order valence-electron chi connectivity index (χ1n) is 11.6. The van der Waals surface area contributed by atoms with E-state index in [4.69, 9.17) is 4.74 Å². The Bertz CT molecular complexity index is 736. The lowest BCUT2D eigenvalue weighted by Crippen LogP contribution is -2.39. The van der Waals surface area contributed by atoms with Gasteiger partial charge in [0.1, 0.15) is 0 Å². The molecule has 0 bridgehead atoms. The van der Waals surface area contributed by atoms with E-state index < -0.39 is 0 Å². The second kappa shape index (κ2) is 10.2. The molecule has 3 aliphatic rings. The van der Waals surface area contributed by atoms with E-state index in [9.17, 15) is 9.59 Å². The van der Waals surface area contributed by atoms with Crippen molar-refractivity contribution in [3.8, 4) is 0 Å². The zero-order chi connectivity index (χ0) is 20.9. The van der Waals surface area contributed by atoms with Gasteiger partial charge in [-0.25, -0.2) is 0 Å². The average molecular weight is 434 g/mol. The number of ether oxygens (including phenoxy) is 1. The van der Waals surface area contributed by atoms with Crippen LogP contribution in [0.1, 0.15) is 52.7 Å². The van der Waals surface area contributed by atoms with Crippen molar-refractivity contribution in [3.05, 3.63) is 21.4 Å². The highest BCUT2D eigenvalue weighted by Gasteiger charge is 2.29. The van der Waals surface area contributed by atoms with Crippen LogP contribution < -0.4 is 5.32 Å². The molecule has 0 saturated carbocycles. The van der Waals surface area contributed by atoms with Crippen LogP contribution in [0.3, 0.4) is 0 Å². The average Bonchev–Trinajstić information content (AvgIpc) is 3.21. The van der Waals surface area contributed by atoms with E-state index in [1.54, 1.807) is 11.3 Å². The number of likely N-dealkylation sites (tertiary alicyclic amines) is 1. The molecule has 2 amide bonds. The zero-order valence-electron chi connectivity index (χ0n) is 18.2. The number of aryl methyl sites for hydroxylation is 1. The molecule has 2 aliphatic heterocycles. The number of nitrogens with zero attached hydrogens (tertiary/aromatic N) is 2. The topological polar surface area (TPSA) is 61.9 Å². The Balaban J connectivity index is 1.24. The highest BCUT2D eigenvalue weighted by atomic mass is 32.1. The number of thiophene rings is 1. The van der Waals surface area contributed by atoms with Gasteiger partial charge in [0.15, 0.2) is 0 Å². The minimum atomic E-state index is 0.0364. The summed E-state index contributed by atoms with van der Waals surface area (Å²) in [5, 5.41) is 3.14. The van der Waals surface area contributed by atoms with Gasteiger partial charge in [0.05, 0.1) is 18.1 Å². The molecule has 0 aromatic carbocycles. The van der Waals surface area contributed by atoms with Crippen molar-refractivity contribution in [2.75, 3.05) is 52.5 Å². The summed E-state index contributed by atoms with van der Waals surface area (Å²) in [5.41, 5.74) is 1.22. The summed E-state index contributed by atoms with van der Waals surface area (Å²) in [7, 11) is 0. The lowest BCUT2D eigenvalue weighted by Gasteiger charge is -2.29. The van der Waals surface area contributed by atoms with Crippen molar-refractivity contribution in [2.24, 2.45) is 11.8 Å². The molecule has 1 aromatic rings. The van der Waals surface area contributed by atoms with Crippen molar-refractivity contribution in [2.45, 2.75) is 45.4 Å². The molecule has 3 heterocycles. The molecule has 0 radical (unpaired) electrons. The Morgan fingerprint density at radius 2 is 1.93 bits per heavy atom. The van der Waals surface area contributed by atoms with Gasteiger partial charge in [0.25, 0.3) is 5.91 Å². The highest BCUT2D eigenvalue weighted by Crippen LogP contribution is 2.33. The molecule has 1 aromatic heterocycles. The smallest absolute Gasteiger partial charge is 0.263 e. The molecule has 2 fully saturated rings. The second-order valence-electron chi connectivity index (χ2n) is 9.07. The number of hydrogen-bond donors (Lipinski definition) is 1. The van der Waals surface area contributed by atoms with Crippen LogP contribution in [0.5, 0.6) is 0 Å². The number of rotatable bonds is 6. The van der Waals surface area contributed by atoms with Crippen LogP contribution in [0.15, 0.2) is 6.07 Å². The Labute approximate surface area is 183 Å². The summed E-state index contributed by atoms with van der Waals surface area (Å²) < 4.78 is 5.37. The maximum atomic E-state index is 12.9. The van der Waals surface area contributed by atoms with Gasteiger partial charge in [-0.05, 0) is 62.6 Å². The van der Waals surface area contributed by atoms with Crippen LogP contribution in [0.4, 0.5) is 0 Å². The van der Waals surface area contributed by atoms with Crippen LogP contribution in [-0.4, -0.2) is 74.1 Å². The summed E-state index contributed by atoms with van der Waals surface area (Å²) in [6, 6.07) is 2.07. The predicted molar refractivity (Wildman–Crippen MR) is 119 cm³/mol. The third kappa shape index (κ3) is 5.42. The van der Waals surface area contributed by atoms with E-state index in [1.807, 2.05) is 4.90 Å². The van der Waals surface area contributed by atoms with Crippen molar-refractivity contribution in [3.63, 3.8) is 0 Å². The van der Waals surface area contributed by atoms with Crippen molar-refractivity contribution >= 4 is 23.2 Å². The van der Waals surface area contributed by atoms with Crippen LogP contribution >= 0.6 is 11.3 Å². The quantitative estimate of drug-likeness (QED) is 0.701. The molecule has 166 valence electrons. The molecule has 4 rings (SSSR count). The SMILES string of the molecule is CC1CCN(C(=O)c2cc3c(s2)CC[C@@H](C(=O)NCCCN2CCOCC2)C3)CC1. The molecular formula is C23H35N3O3S. The number of morpholine rings is 1. The Kier molecular flexibility index (Phi) is 7.44. The normalized spacial score (nSPS) is 23.2. The van der Waals surface area contributed by atoms with Gasteiger partial charge < -0.3 is 15.0 Å². The monoisotopic (exact) mass is 433 g/mol. The van der Waals surface area contributed by atoms with E-state index in [0.29, 0.717) is 0 Å². The lowest BCUT2D eigenvalue weighted by molar-refractivity contribution is -0.125. The first kappa shape index (κ1) is 21.8. The molecule has 1 aliphatic carbocycles. The van der Waals surface area contributed by atoms with Gasteiger partial charge >= 0.3 is 0 Å². The lowest BCUT2D eigenvalue weighted by atomic mass is 9.87. The van der Waals surface area contributed by atoms with Crippen molar-refractivity contribution in [1.82, 2.24) is 15.1 Å². The Hall–Kier alpha value is -1.44. The van der Waals surface area contributed by atoms with Gasteiger partial charge in [0, 0.05) is 43.5 Å². The molecule has 2 saturated heterocycles. The number of amides is 2. The second-order valence-corrected chi connectivity index (χ2v) is 10.2. The van der Waals surface area contributed by atoms with Gasteiger partial charge in [-0.3, -0.25) is 14.5 Å². The van der Waals surface area contributed by atoms with E-state index >= 15 is 0 Å². The van der Waals surface area contributed by atoms with E-state index in [0.717, 1.165) is 102 Å². The maximum Gasteiger partial charge on any atom is 0.263 e. The highest BCUT2D eigenvalue weighted by molar-refractivity contribution is 7.14. The van der Waals surface area contributed by atoms with Crippen LogP contribution in [0.2, 0.25) is 0 Å². The summed E-state index contributed by atoms with van der Waals surface area (Å²) in [6.07, 6.45) is 5.75. The standard InChI is InChI=1S/C23H35N3O3S/c1-17-5-9-26(10-6-17)23(28)21-16-19-15-18(3-4-20(19)30-21)22(27)24-7-2-8-25-11-13-29-14-12-25/h16-18H,2-15H2,1H3,(H,24,27)/t18-/m1/s1. The number of fused-ring (bicyclic) bond motifs is 1. The largest absolute Gasteiger partial charge is 0.379 e. The molecular weight excluding hydrogens is 398 g/mol. The fraction of sp³-hybridized carbons (Fsp3) is 0.739. The molecule has 0 spiro atoms. The maximum absolute atomic E-state index is 12.9. The molecule has 1 N–H and O–H groups in total. The summed E-state index contributed by atoms with van der Waals surface area (Å²) in [5.74, 6) is 1.12. The first-order valence-corrected chi connectivity index (χ1v) is 12.4. The fourth-order valence-corrected chi connectivity index (χ4v) is 5.88. The minimum Gasteiger partial charge on any atom is -0.379 e. The molecule has 1 atom stereocenters.